The van der Waals surface area contributed by atoms with Crippen LogP contribution in [0.1, 0.15) is 0 Å². The molecule has 0 aliphatic heterocycles. The van der Waals surface area contributed by atoms with Gasteiger partial charge in [-0.25, -0.2) is 9.97 Å². The van der Waals surface area contributed by atoms with Gasteiger partial charge in [0.15, 0.2) is 0 Å². The van der Waals surface area contributed by atoms with Gasteiger partial charge in [-0.05, 0) is 91.0 Å². The van der Waals surface area contributed by atoms with E-state index in [4.69, 9.17) is 9.97 Å². The zero-order valence-electron chi connectivity index (χ0n) is 29.5. The zero-order chi connectivity index (χ0) is 35.8. The molecule has 8 aromatic carbocycles. The molecule has 0 saturated heterocycles. The molecule has 2 heteroatoms. The fourth-order valence-corrected chi connectivity index (χ4v) is 7.86. The van der Waals surface area contributed by atoms with Crippen molar-refractivity contribution in [3.8, 4) is 67.3 Å². The van der Waals surface area contributed by atoms with Crippen LogP contribution in [0.2, 0.25) is 0 Å². The quantitative estimate of drug-likeness (QED) is 0.163. The van der Waals surface area contributed by atoms with E-state index in [9.17, 15) is 0 Å². The van der Waals surface area contributed by atoms with Crippen LogP contribution in [0.4, 0.5) is 0 Å². The molecule has 0 aliphatic rings. The Kier molecular flexibility index (Phi) is 7.85. The number of benzene rings is 8. The molecule has 0 fully saturated rings. The van der Waals surface area contributed by atoms with Crippen LogP contribution >= 0.6 is 0 Å². The van der Waals surface area contributed by atoms with Crippen molar-refractivity contribution in [2.24, 2.45) is 0 Å². The largest absolute Gasteiger partial charge is 0.248 e. The maximum absolute atomic E-state index is 5.20. The van der Waals surface area contributed by atoms with Crippen LogP contribution in [0.5, 0.6) is 0 Å². The molecule has 54 heavy (non-hydrogen) atoms. The van der Waals surface area contributed by atoms with E-state index in [-0.39, 0.29) is 0 Å². The third-order valence-electron chi connectivity index (χ3n) is 10.4. The molecule has 0 unspecified atom stereocenters. The number of hydrogen-bond donors (Lipinski definition) is 0. The van der Waals surface area contributed by atoms with Crippen molar-refractivity contribution in [2.75, 3.05) is 0 Å². The summed E-state index contributed by atoms with van der Waals surface area (Å²) in [5.74, 6) is 0. The first-order chi connectivity index (χ1) is 26.8. The van der Waals surface area contributed by atoms with Gasteiger partial charge in [-0.1, -0.05) is 170 Å². The van der Waals surface area contributed by atoms with E-state index in [1.165, 1.54) is 43.4 Å². The molecule has 0 aliphatic carbocycles. The highest BCUT2D eigenvalue weighted by molar-refractivity contribution is 6.26. The summed E-state index contributed by atoms with van der Waals surface area (Å²) in [6.45, 7) is 0. The first kappa shape index (κ1) is 31.6. The summed E-state index contributed by atoms with van der Waals surface area (Å²) in [5.41, 5.74) is 12.8. The Labute approximate surface area is 314 Å². The molecule has 0 amide bonds. The van der Waals surface area contributed by atoms with E-state index in [2.05, 4.69) is 206 Å². The minimum absolute atomic E-state index is 0.953. The van der Waals surface area contributed by atoms with E-state index in [0.29, 0.717) is 0 Å². The van der Waals surface area contributed by atoms with Gasteiger partial charge in [0.2, 0.25) is 0 Å². The van der Waals surface area contributed by atoms with Crippen LogP contribution < -0.4 is 0 Å². The van der Waals surface area contributed by atoms with Crippen LogP contribution in [0.15, 0.2) is 206 Å². The number of pyridine rings is 2. The summed E-state index contributed by atoms with van der Waals surface area (Å²) in [6, 6.07) is 73.4. The van der Waals surface area contributed by atoms with E-state index in [1.807, 2.05) is 0 Å². The lowest BCUT2D eigenvalue weighted by atomic mass is 9.87. The first-order valence-electron chi connectivity index (χ1n) is 18.4. The van der Waals surface area contributed by atoms with E-state index in [1.54, 1.807) is 0 Å². The Bertz CT molecular complexity index is 2640. The minimum atomic E-state index is 0.953. The molecule has 10 rings (SSSR count). The number of nitrogens with zero attached hydrogens (tertiary/aromatic N) is 2. The van der Waals surface area contributed by atoms with Crippen LogP contribution in [0.3, 0.4) is 0 Å². The summed E-state index contributed by atoms with van der Waals surface area (Å²) in [4.78, 5) is 10.4. The van der Waals surface area contributed by atoms with Gasteiger partial charge in [0.1, 0.15) is 0 Å². The van der Waals surface area contributed by atoms with Crippen molar-refractivity contribution in [1.29, 1.82) is 0 Å². The topological polar surface area (TPSA) is 25.8 Å². The van der Waals surface area contributed by atoms with E-state index < -0.39 is 0 Å². The minimum Gasteiger partial charge on any atom is -0.248 e. The van der Waals surface area contributed by atoms with Gasteiger partial charge in [0.05, 0.1) is 22.8 Å². The maximum Gasteiger partial charge on any atom is 0.0715 e. The Hall–Kier alpha value is -7.16. The molecule has 2 heterocycles. The lowest BCUT2D eigenvalue weighted by Gasteiger charge is -2.18. The average molecular weight is 687 g/mol. The molecule has 2 nitrogen and oxygen atoms in total. The maximum atomic E-state index is 5.20. The van der Waals surface area contributed by atoms with Crippen molar-refractivity contribution < 1.29 is 0 Å². The van der Waals surface area contributed by atoms with Gasteiger partial charge in [-0.3, -0.25) is 0 Å². The number of fused-ring (bicyclic) bond motifs is 5. The fraction of sp³-hybridized carbons (Fsp3) is 0. The lowest BCUT2D eigenvalue weighted by Crippen LogP contribution is -1.94. The van der Waals surface area contributed by atoms with E-state index >= 15 is 0 Å². The molecule has 0 saturated carbocycles. The smallest absolute Gasteiger partial charge is 0.0715 e. The summed E-state index contributed by atoms with van der Waals surface area (Å²) >= 11 is 0. The second-order valence-corrected chi connectivity index (χ2v) is 13.8. The van der Waals surface area contributed by atoms with Crippen molar-refractivity contribution >= 4 is 32.3 Å². The Morgan fingerprint density at radius 3 is 0.833 bits per heavy atom. The van der Waals surface area contributed by atoms with Gasteiger partial charge in [0, 0.05) is 22.3 Å². The van der Waals surface area contributed by atoms with Crippen LogP contribution in [0.25, 0.3) is 99.6 Å². The van der Waals surface area contributed by atoms with Crippen LogP contribution in [-0.2, 0) is 0 Å². The molecule has 252 valence electrons. The van der Waals surface area contributed by atoms with E-state index in [0.717, 1.165) is 56.2 Å². The zero-order valence-corrected chi connectivity index (χ0v) is 29.5. The van der Waals surface area contributed by atoms with Crippen molar-refractivity contribution in [1.82, 2.24) is 9.97 Å². The van der Waals surface area contributed by atoms with Gasteiger partial charge >= 0.3 is 0 Å². The summed E-state index contributed by atoms with van der Waals surface area (Å²) in [5, 5.41) is 7.35. The molecule has 0 N–H and O–H groups in total. The van der Waals surface area contributed by atoms with Gasteiger partial charge in [-0.2, -0.15) is 0 Å². The molecular formula is C52H34N2. The molecule has 2 aromatic heterocycles. The third-order valence-corrected chi connectivity index (χ3v) is 10.4. The fourth-order valence-electron chi connectivity index (χ4n) is 7.86. The Morgan fingerprint density at radius 2 is 0.519 bits per heavy atom. The second kappa shape index (κ2) is 13.4. The summed E-state index contributed by atoms with van der Waals surface area (Å²) < 4.78 is 0. The lowest BCUT2D eigenvalue weighted by molar-refractivity contribution is 1.32. The second-order valence-electron chi connectivity index (χ2n) is 13.8. The van der Waals surface area contributed by atoms with Crippen LogP contribution in [-0.4, -0.2) is 9.97 Å². The normalized spacial score (nSPS) is 11.3. The molecule has 10 aromatic rings. The Balaban J connectivity index is 1.26. The predicted octanol–water partition coefficient (Wildman–Crippen LogP) is 13.9. The molecular weight excluding hydrogens is 653 g/mol. The summed E-state index contributed by atoms with van der Waals surface area (Å²) in [6.07, 6.45) is 0. The van der Waals surface area contributed by atoms with Gasteiger partial charge < -0.3 is 0 Å². The molecule has 0 radical (unpaired) electrons. The number of aromatic nitrogens is 2. The highest BCUT2D eigenvalue weighted by Gasteiger charge is 2.18. The van der Waals surface area contributed by atoms with Crippen LogP contribution in [0, 0.1) is 0 Å². The Morgan fingerprint density at radius 1 is 0.241 bits per heavy atom. The highest BCUT2D eigenvalue weighted by Crippen LogP contribution is 2.44. The number of rotatable bonds is 6. The van der Waals surface area contributed by atoms with Gasteiger partial charge in [-0.15, -0.1) is 0 Å². The molecule has 0 spiro atoms. The predicted molar refractivity (Wildman–Crippen MR) is 227 cm³/mol. The third kappa shape index (κ3) is 5.71. The molecule has 0 atom stereocenters. The standard InChI is InChI=1S/C52H34N2/c1-5-17-35(18-6-1)48-31-39(32-49(53-48)36-19-7-2-8-20-36)46-29-41-30-47(43-26-14-16-28-45(43)52(41)44-27-15-13-25-42(44)46)40-33-50(37-21-9-3-10-22-37)54-51(34-40)38-23-11-4-12-24-38/h1-34H. The highest BCUT2D eigenvalue weighted by atomic mass is 14.7. The van der Waals surface area contributed by atoms with Crippen molar-refractivity contribution in [3.63, 3.8) is 0 Å². The average Bonchev–Trinajstić information content (AvgIpc) is 3.26. The monoisotopic (exact) mass is 686 g/mol. The SMILES string of the molecule is c1ccc(-c2cc(-c3cc4cc(-c5cc(-c6ccccc6)nc(-c6ccccc6)c5)c5ccccc5c4c4ccccc34)cc(-c3ccccc3)n2)cc1. The first-order valence-corrected chi connectivity index (χ1v) is 18.4. The van der Waals surface area contributed by atoms with Crippen molar-refractivity contribution in [2.45, 2.75) is 0 Å². The van der Waals surface area contributed by atoms with Crippen molar-refractivity contribution in [3.05, 3.63) is 206 Å². The molecule has 0 bridgehead atoms. The van der Waals surface area contributed by atoms with Gasteiger partial charge in [0.25, 0.3) is 0 Å². The number of hydrogen-bond acceptors (Lipinski definition) is 2. The summed E-state index contributed by atoms with van der Waals surface area (Å²) in [7, 11) is 0.